The Hall–Kier alpha value is -4.14. The van der Waals surface area contributed by atoms with E-state index >= 15 is 0 Å². The molecule has 15 heteroatoms. The van der Waals surface area contributed by atoms with Crippen LogP contribution in [0.5, 0.6) is 0 Å². The maximum absolute atomic E-state index is 12.2. The predicted molar refractivity (Wildman–Crippen MR) is 129 cm³/mol. The number of aromatic nitrogens is 2. The summed E-state index contributed by atoms with van der Waals surface area (Å²) in [5, 5.41) is 19.8. The number of halogens is 3. The number of carboxylic acid groups (broad SMARTS) is 1. The molecular formula is C22H30F3N7O5. The van der Waals surface area contributed by atoms with E-state index in [1.807, 2.05) is 0 Å². The van der Waals surface area contributed by atoms with Crippen LogP contribution in [0.15, 0.2) is 23.0 Å². The molecule has 0 radical (unpaired) electrons. The lowest BCUT2D eigenvalue weighted by Crippen LogP contribution is -2.35. The minimum Gasteiger partial charge on any atom is -0.475 e. The number of guanidine groups is 1. The van der Waals surface area contributed by atoms with E-state index in [0.29, 0.717) is 17.9 Å². The quantitative estimate of drug-likeness (QED) is 0.102. The van der Waals surface area contributed by atoms with E-state index < -0.39 is 12.1 Å². The number of H-pyrrole nitrogens is 1. The number of hydrogen-bond acceptors (Lipinski definition) is 7. The third kappa shape index (κ3) is 11.9. The standard InChI is InChI=1S/C20H29N7O3.C2HF3O2/c1-12-4-5-15(10-13(12)2)6-7-24-18-19(29)25-14(3)16(26-18)11-17(28)23-8-9-30-27-20(21)22;3-2(4,5)1(6)7/h4-5,10H,6-9,11H2,1-3H3,(H,23,28)(H,24,26)(H,25,29)(H4,21,22,27);(H,6,7). The number of carbonyl (C=O) groups is 2. The number of alkyl halides is 3. The monoisotopic (exact) mass is 529 g/mol. The second kappa shape index (κ2) is 14.4. The molecule has 0 aliphatic rings. The Morgan fingerprint density at radius 1 is 1.19 bits per heavy atom. The van der Waals surface area contributed by atoms with E-state index in [-0.39, 0.29) is 42.8 Å². The van der Waals surface area contributed by atoms with E-state index in [4.69, 9.17) is 25.9 Å². The zero-order valence-corrected chi connectivity index (χ0v) is 20.5. The Kier molecular flexibility index (Phi) is 12.0. The number of aryl methyl sites for hydroxylation is 3. The summed E-state index contributed by atoms with van der Waals surface area (Å²) in [7, 11) is 0. The fraction of sp³-hybridized carbons (Fsp3) is 0.409. The highest BCUT2D eigenvalue weighted by Gasteiger charge is 2.38. The molecule has 0 aliphatic carbocycles. The van der Waals surface area contributed by atoms with Crippen molar-refractivity contribution in [3.63, 3.8) is 0 Å². The molecular weight excluding hydrogens is 499 g/mol. The Morgan fingerprint density at radius 3 is 2.41 bits per heavy atom. The lowest BCUT2D eigenvalue weighted by atomic mass is 10.0. The van der Waals surface area contributed by atoms with Gasteiger partial charge in [-0.15, -0.1) is 0 Å². The molecule has 0 aliphatic heterocycles. The average Bonchev–Trinajstić information content (AvgIpc) is 2.78. The SMILES string of the molecule is Cc1ccc(CCNc2nc(CC(=O)NCCONC(=N)N)c(C)[nH]c2=O)cc1C.O=C(O)C(F)(F)F. The van der Waals surface area contributed by atoms with Crippen molar-refractivity contribution < 1.29 is 32.7 Å². The summed E-state index contributed by atoms with van der Waals surface area (Å²) in [4.78, 5) is 45.1. The van der Waals surface area contributed by atoms with E-state index in [2.05, 4.69) is 58.1 Å². The number of benzene rings is 1. The topological polar surface area (TPSA) is 195 Å². The Morgan fingerprint density at radius 2 is 1.84 bits per heavy atom. The summed E-state index contributed by atoms with van der Waals surface area (Å²) < 4.78 is 31.7. The second-order valence-electron chi connectivity index (χ2n) is 7.78. The number of rotatable bonds is 10. The van der Waals surface area contributed by atoms with Crippen LogP contribution in [-0.4, -0.2) is 58.8 Å². The van der Waals surface area contributed by atoms with Gasteiger partial charge in [0, 0.05) is 18.8 Å². The van der Waals surface area contributed by atoms with Gasteiger partial charge in [0.05, 0.1) is 18.7 Å². The van der Waals surface area contributed by atoms with Gasteiger partial charge in [-0.2, -0.15) is 13.2 Å². The molecule has 1 heterocycles. The van der Waals surface area contributed by atoms with Crippen LogP contribution in [0.2, 0.25) is 0 Å². The number of amides is 1. The van der Waals surface area contributed by atoms with Gasteiger partial charge in [0.25, 0.3) is 5.56 Å². The van der Waals surface area contributed by atoms with Crippen LogP contribution in [0, 0.1) is 26.2 Å². The molecule has 1 aromatic heterocycles. The molecule has 8 N–H and O–H groups in total. The largest absolute Gasteiger partial charge is 0.490 e. The van der Waals surface area contributed by atoms with Gasteiger partial charge in [-0.25, -0.2) is 15.3 Å². The van der Waals surface area contributed by atoms with Crippen molar-refractivity contribution in [2.24, 2.45) is 5.73 Å². The third-order valence-electron chi connectivity index (χ3n) is 4.75. The molecule has 2 aromatic rings. The smallest absolute Gasteiger partial charge is 0.475 e. The lowest BCUT2D eigenvalue weighted by molar-refractivity contribution is -0.192. The number of nitrogens with two attached hydrogens (primary N) is 1. The van der Waals surface area contributed by atoms with Gasteiger partial charge in [0.2, 0.25) is 11.9 Å². The molecule has 0 saturated carbocycles. The summed E-state index contributed by atoms with van der Waals surface area (Å²) in [5.41, 5.74) is 11.6. The van der Waals surface area contributed by atoms with E-state index in [1.165, 1.54) is 16.7 Å². The summed E-state index contributed by atoms with van der Waals surface area (Å²) in [6, 6.07) is 6.29. The lowest BCUT2D eigenvalue weighted by Gasteiger charge is -2.11. The minimum atomic E-state index is -5.08. The predicted octanol–water partition coefficient (Wildman–Crippen LogP) is 1.06. The highest BCUT2D eigenvalue weighted by molar-refractivity contribution is 5.78. The van der Waals surface area contributed by atoms with Crippen molar-refractivity contribution >= 4 is 23.7 Å². The van der Waals surface area contributed by atoms with Crippen LogP contribution in [0.4, 0.5) is 19.0 Å². The van der Waals surface area contributed by atoms with Crippen molar-refractivity contribution in [2.45, 2.75) is 39.8 Å². The molecule has 0 saturated heterocycles. The van der Waals surface area contributed by atoms with Crippen LogP contribution in [0.25, 0.3) is 0 Å². The fourth-order valence-corrected chi connectivity index (χ4v) is 2.73. The number of nitrogens with zero attached hydrogens (tertiary/aromatic N) is 1. The van der Waals surface area contributed by atoms with E-state index in [1.54, 1.807) is 6.92 Å². The van der Waals surface area contributed by atoms with Crippen LogP contribution < -0.4 is 27.4 Å². The zero-order chi connectivity index (χ0) is 28.2. The molecule has 0 atom stereocenters. The average molecular weight is 530 g/mol. The summed E-state index contributed by atoms with van der Waals surface area (Å²) in [5.74, 6) is -3.13. The summed E-state index contributed by atoms with van der Waals surface area (Å²) in [6.07, 6.45) is -4.31. The first-order valence-corrected chi connectivity index (χ1v) is 10.9. The third-order valence-corrected chi connectivity index (χ3v) is 4.75. The fourth-order valence-electron chi connectivity index (χ4n) is 2.73. The number of anilines is 1. The Bertz CT molecular complexity index is 1150. The van der Waals surface area contributed by atoms with E-state index in [0.717, 1.165) is 6.42 Å². The molecule has 204 valence electrons. The number of aliphatic carboxylic acids is 1. The number of carbonyl (C=O) groups excluding carboxylic acids is 1. The van der Waals surface area contributed by atoms with Crippen molar-refractivity contribution in [1.82, 2.24) is 20.8 Å². The number of carboxylic acids is 1. The molecule has 0 fully saturated rings. The molecule has 1 aromatic carbocycles. The molecule has 0 bridgehead atoms. The minimum absolute atomic E-state index is 0.0224. The second-order valence-corrected chi connectivity index (χ2v) is 7.78. The first kappa shape index (κ1) is 30.9. The van der Waals surface area contributed by atoms with Crippen LogP contribution >= 0.6 is 0 Å². The van der Waals surface area contributed by atoms with Crippen LogP contribution in [0.1, 0.15) is 28.1 Å². The first-order valence-electron chi connectivity index (χ1n) is 10.9. The van der Waals surface area contributed by atoms with Gasteiger partial charge in [-0.05, 0) is 43.9 Å². The van der Waals surface area contributed by atoms with Crippen LogP contribution in [-0.2, 0) is 27.3 Å². The summed E-state index contributed by atoms with van der Waals surface area (Å²) >= 11 is 0. The van der Waals surface area contributed by atoms with Gasteiger partial charge < -0.3 is 26.5 Å². The number of nitrogens with one attached hydrogen (secondary N) is 5. The van der Waals surface area contributed by atoms with Crippen molar-refractivity contribution in [3.8, 4) is 0 Å². The molecule has 2 rings (SSSR count). The maximum Gasteiger partial charge on any atom is 0.490 e. The van der Waals surface area contributed by atoms with Crippen molar-refractivity contribution in [1.29, 1.82) is 5.41 Å². The normalized spacial score (nSPS) is 10.6. The summed E-state index contributed by atoms with van der Waals surface area (Å²) in [6.45, 7) is 6.78. The molecule has 37 heavy (non-hydrogen) atoms. The van der Waals surface area contributed by atoms with Gasteiger partial charge in [0.1, 0.15) is 0 Å². The number of hydroxylamine groups is 1. The maximum atomic E-state index is 12.2. The number of hydrogen-bond donors (Lipinski definition) is 7. The van der Waals surface area contributed by atoms with Crippen LogP contribution in [0.3, 0.4) is 0 Å². The van der Waals surface area contributed by atoms with Gasteiger partial charge in [-0.1, -0.05) is 18.2 Å². The molecule has 0 unspecified atom stereocenters. The number of aromatic amines is 1. The first-order chi connectivity index (χ1) is 17.2. The van der Waals surface area contributed by atoms with Crippen molar-refractivity contribution in [2.75, 3.05) is 25.0 Å². The van der Waals surface area contributed by atoms with Gasteiger partial charge in [0.15, 0.2) is 5.82 Å². The highest BCUT2D eigenvalue weighted by atomic mass is 19.4. The molecule has 0 spiro atoms. The molecule has 1 amide bonds. The Balaban J connectivity index is 0.000000856. The highest BCUT2D eigenvalue weighted by Crippen LogP contribution is 2.13. The molecule has 12 nitrogen and oxygen atoms in total. The van der Waals surface area contributed by atoms with Gasteiger partial charge >= 0.3 is 12.1 Å². The van der Waals surface area contributed by atoms with E-state index in [9.17, 15) is 22.8 Å². The Labute approximate surface area is 210 Å². The zero-order valence-electron chi connectivity index (χ0n) is 20.5. The van der Waals surface area contributed by atoms with Crippen molar-refractivity contribution in [3.05, 3.63) is 56.6 Å². The van der Waals surface area contributed by atoms with Gasteiger partial charge in [-0.3, -0.25) is 19.8 Å².